The SMILES string of the molecule is COc1ccc2nc(C)c(C(=O)Nc3ccc(Cl)cc3Cl)cc2c1. The number of hydrogen-bond acceptors (Lipinski definition) is 3. The quantitative estimate of drug-likeness (QED) is 0.705. The van der Waals surface area contributed by atoms with Gasteiger partial charge in [-0.15, -0.1) is 0 Å². The molecule has 1 N–H and O–H groups in total. The number of aryl methyl sites for hydroxylation is 1. The van der Waals surface area contributed by atoms with Crippen LogP contribution in [-0.4, -0.2) is 18.0 Å². The highest BCUT2D eigenvalue weighted by molar-refractivity contribution is 6.36. The summed E-state index contributed by atoms with van der Waals surface area (Å²) < 4.78 is 5.22. The van der Waals surface area contributed by atoms with E-state index in [1.807, 2.05) is 18.2 Å². The van der Waals surface area contributed by atoms with E-state index in [0.29, 0.717) is 32.7 Å². The van der Waals surface area contributed by atoms with Gasteiger partial charge >= 0.3 is 0 Å². The maximum Gasteiger partial charge on any atom is 0.257 e. The molecule has 0 spiro atoms. The Morgan fingerprint density at radius 1 is 1.12 bits per heavy atom. The zero-order valence-corrected chi connectivity index (χ0v) is 14.6. The summed E-state index contributed by atoms with van der Waals surface area (Å²) in [6.07, 6.45) is 0. The molecule has 0 unspecified atom stereocenters. The minimum atomic E-state index is -0.283. The van der Waals surface area contributed by atoms with E-state index >= 15 is 0 Å². The molecule has 3 aromatic rings. The summed E-state index contributed by atoms with van der Waals surface area (Å²) in [6.45, 7) is 1.79. The number of ether oxygens (including phenoxy) is 1. The first-order valence-corrected chi connectivity index (χ1v) is 7.95. The Balaban J connectivity index is 1.98. The second-order valence-corrected chi connectivity index (χ2v) is 6.10. The normalized spacial score (nSPS) is 10.7. The van der Waals surface area contributed by atoms with Crippen molar-refractivity contribution >= 4 is 45.7 Å². The van der Waals surface area contributed by atoms with E-state index in [1.165, 1.54) is 0 Å². The van der Waals surface area contributed by atoms with Crippen LogP contribution in [0.1, 0.15) is 16.1 Å². The van der Waals surface area contributed by atoms with Gasteiger partial charge in [-0.05, 0) is 49.4 Å². The minimum Gasteiger partial charge on any atom is -0.497 e. The fourth-order valence-corrected chi connectivity index (χ4v) is 2.84. The lowest BCUT2D eigenvalue weighted by molar-refractivity contribution is 0.102. The molecule has 0 aliphatic heterocycles. The average molecular weight is 361 g/mol. The standard InChI is InChI=1S/C18H14Cl2N2O2/c1-10-14(8-11-7-13(24-2)4-6-16(11)21-10)18(23)22-17-5-3-12(19)9-15(17)20/h3-9H,1-2H3,(H,22,23). The van der Waals surface area contributed by atoms with Gasteiger partial charge in [-0.3, -0.25) is 9.78 Å². The number of nitrogens with zero attached hydrogens (tertiary/aromatic N) is 1. The zero-order valence-electron chi connectivity index (χ0n) is 13.1. The number of pyridine rings is 1. The van der Waals surface area contributed by atoms with Gasteiger partial charge in [0.25, 0.3) is 5.91 Å². The number of amides is 1. The van der Waals surface area contributed by atoms with E-state index in [4.69, 9.17) is 27.9 Å². The van der Waals surface area contributed by atoms with Crippen LogP contribution < -0.4 is 10.1 Å². The maximum absolute atomic E-state index is 12.6. The van der Waals surface area contributed by atoms with Gasteiger partial charge in [-0.1, -0.05) is 23.2 Å². The number of halogens is 2. The largest absolute Gasteiger partial charge is 0.497 e. The summed E-state index contributed by atoms with van der Waals surface area (Å²) in [5.41, 5.74) is 2.41. The number of anilines is 1. The van der Waals surface area contributed by atoms with E-state index in [1.54, 1.807) is 38.3 Å². The summed E-state index contributed by atoms with van der Waals surface area (Å²) in [4.78, 5) is 17.1. The van der Waals surface area contributed by atoms with Crippen LogP contribution in [-0.2, 0) is 0 Å². The van der Waals surface area contributed by atoms with Gasteiger partial charge in [-0.25, -0.2) is 0 Å². The molecule has 3 rings (SSSR count). The first-order valence-electron chi connectivity index (χ1n) is 7.20. The van der Waals surface area contributed by atoms with Crippen LogP contribution >= 0.6 is 23.2 Å². The Morgan fingerprint density at radius 2 is 1.92 bits per heavy atom. The highest BCUT2D eigenvalue weighted by Crippen LogP contribution is 2.27. The zero-order chi connectivity index (χ0) is 17.3. The first-order chi connectivity index (χ1) is 11.5. The van der Waals surface area contributed by atoms with Crippen LogP contribution in [0.5, 0.6) is 5.75 Å². The molecule has 1 heterocycles. The first kappa shape index (κ1) is 16.6. The molecule has 1 amide bonds. The van der Waals surface area contributed by atoms with E-state index in [-0.39, 0.29) is 5.91 Å². The predicted molar refractivity (Wildman–Crippen MR) is 97.4 cm³/mol. The van der Waals surface area contributed by atoms with E-state index in [9.17, 15) is 4.79 Å². The monoisotopic (exact) mass is 360 g/mol. The molecule has 0 fully saturated rings. The van der Waals surface area contributed by atoms with Crippen LogP contribution in [0.25, 0.3) is 10.9 Å². The molecular formula is C18H14Cl2N2O2. The van der Waals surface area contributed by atoms with Gasteiger partial charge < -0.3 is 10.1 Å². The lowest BCUT2D eigenvalue weighted by Gasteiger charge is -2.11. The van der Waals surface area contributed by atoms with Crippen molar-refractivity contribution in [3.8, 4) is 5.75 Å². The Hall–Kier alpha value is -2.30. The van der Waals surface area contributed by atoms with Gasteiger partial charge in [-0.2, -0.15) is 0 Å². The average Bonchev–Trinajstić information content (AvgIpc) is 2.56. The molecule has 0 bridgehead atoms. The number of aromatic nitrogens is 1. The molecule has 0 saturated carbocycles. The van der Waals surface area contributed by atoms with Crippen molar-refractivity contribution in [3.05, 3.63) is 63.8 Å². The molecule has 0 aliphatic rings. The van der Waals surface area contributed by atoms with Crippen molar-refractivity contribution in [2.45, 2.75) is 6.92 Å². The van der Waals surface area contributed by atoms with E-state index in [0.717, 1.165) is 10.9 Å². The summed E-state index contributed by atoms with van der Waals surface area (Å²) >= 11 is 12.0. The van der Waals surface area contributed by atoms with Crippen molar-refractivity contribution in [2.75, 3.05) is 12.4 Å². The third kappa shape index (κ3) is 3.30. The van der Waals surface area contributed by atoms with Crippen molar-refractivity contribution in [2.24, 2.45) is 0 Å². The summed E-state index contributed by atoms with van der Waals surface area (Å²) in [5, 5.41) is 4.50. The fraction of sp³-hybridized carbons (Fsp3) is 0.111. The van der Waals surface area contributed by atoms with Crippen LogP contribution in [0.2, 0.25) is 10.0 Å². The van der Waals surface area contributed by atoms with Crippen molar-refractivity contribution in [1.29, 1.82) is 0 Å². The molecular weight excluding hydrogens is 347 g/mol. The minimum absolute atomic E-state index is 0.283. The summed E-state index contributed by atoms with van der Waals surface area (Å²) in [7, 11) is 1.60. The van der Waals surface area contributed by atoms with Crippen LogP contribution in [0.15, 0.2) is 42.5 Å². The number of methoxy groups -OCH3 is 1. The van der Waals surface area contributed by atoms with Crippen molar-refractivity contribution in [3.63, 3.8) is 0 Å². The lowest BCUT2D eigenvalue weighted by Crippen LogP contribution is -2.14. The predicted octanol–water partition coefficient (Wildman–Crippen LogP) is 5.11. The highest BCUT2D eigenvalue weighted by atomic mass is 35.5. The number of nitrogens with one attached hydrogen (secondary N) is 1. The number of carbonyl (C=O) groups is 1. The van der Waals surface area contributed by atoms with Crippen molar-refractivity contribution in [1.82, 2.24) is 4.98 Å². The van der Waals surface area contributed by atoms with Crippen molar-refractivity contribution < 1.29 is 9.53 Å². The topological polar surface area (TPSA) is 51.2 Å². The highest BCUT2D eigenvalue weighted by Gasteiger charge is 2.14. The van der Waals surface area contributed by atoms with Gasteiger partial charge in [0, 0.05) is 10.4 Å². The lowest BCUT2D eigenvalue weighted by atomic mass is 10.1. The maximum atomic E-state index is 12.6. The second-order valence-electron chi connectivity index (χ2n) is 5.26. The Kier molecular flexibility index (Phi) is 4.60. The van der Waals surface area contributed by atoms with Crippen LogP contribution in [0, 0.1) is 6.92 Å². The molecule has 0 radical (unpaired) electrons. The number of hydrogen-bond donors (Lipinski definition) is 1. The van der Waals surface area contributed by atoms with Crippen LogP contribution in [0.4, 0.5) is 5.69 Å². The van der Waals surface area contributed by atoms with Gasteiger partial charge in [0.2, 0.25) is 0 Å². The van der Waals surface area contributed by atoms with Gasteiger partial charge in [0.15, 0.2) is 0 Å². The Labute approximate surface area is 149 Å². The molecule has 0 saturated heterocycles. The summed E-state index contributed by atoms with van der Waals surface area (Å²) in [6, 6.07) is 12.2. The smallest absolute Gasteiger partial charge is 0.257 e. The third-order valence-electron chi connectivity index (χ3n) is 3.64. The fourth-order valence-electron chi connectivity index (χ4n) is 2.39. The molecule has 1 aromatic heterocycles. The van der Waals surface area contributed by atoms with Gasteiger partial charge in [0.05, 0.1) is 34.6 Å². The molecule has 6 heteroatoms. The molecule has 2 aromatic carbocycles. The van der Waals surface area contributed by atoms with Crippen LogP contribution in [0.3, 0.4) is 0 Å². The molecule has 4 nitrogen and oxygen atoms in total. The second kappa shape index (κ2) is 6.67. The number of carbonyl (C=O) groups excluding carboxylic acids is 1. The molecule has 122 valence electrons. The number of fused-ring (bicyclic) bond motifs is 1. The summed E-state index contributed by atoms with van der Waals surface area (Å²) in [5.74, 6) is 0.425. The van der Waals surface area contributed by atoms with E-state index < -0.39 is 0 Å². The number of benzene rings is 2. The van der Waals surface area contributed by atoms with Gasteiger partial charge in [0.1, 0.15) is 5.75 Å². The Bertz CT molecular complexity index is 942. The molecule has 0 aliphatic carbocycles. The third-order valence-corrected chi connectivity index (χ3v) is 4.18. The number of rotatable bonds is 3. The molecule has 24 heavy (non-hydrogen) atoms. The molecule has 0 atom stereocenters. The Morgan fingerprint density at radius 3 is 2.62 bits per heavy atom. The van der Waals surface area contributed by atoms with E-state index in [2.05, 4.69) is 10.3 Å².